The Bertz CT molecular complexity index is 823. The fourth-order valence-electron chi connectivity index (χ4n) is 3.00. The highest BCUT2D eigenvalue weighted by atomic mass is 19.1. The van der Waals surface area contributed by atoms with E-state index < -0.39 is 5.91 Å². The fraction of sp³-hybridized carbons (Fsp3) is 0.294. The largest absolute Gasteiger partial charge is 0.507 e. The van der Waals surface area contributed by atoms with Crippen molar-refractivity contribution in [3.8, 4) is 5.75 Å². The van der Waals surface area contributed by atoms with Gasteiger partial charge in [-0.05, 0) is 44.4 Å². The number of carbonyl (C=O) groups excluding carboxylic acids is 1. The van der Waals surface area contributed by atoms with Gasteiger partial charge in [0.15, 0.2) is 0 Å². The van der Waals surface area contributed by atoms with E-state index in [4.69, 9.17) is 4.42 Å². The van der Waals surface area contributed by atoms with Crippen molar-refractivity contribution in [1.29, 1.82) is 0 Å². The summed E-state index contributed by atoms with van der Waals surface area (Å²) in [7, 11) is 0. The van der Waals surface area contributed by atoms with Gasteiger partial charge in [-0.25, -0.2) is 9.82 Å². The number of aryl methyl sites for hydroxylation is 2. The second-order valence-electron chi connectivity index (χ2n) is 5.79. The van der Waals surface area contributed by atoms with E-state index in [1.807, 2.05) is 6.92 Å². The number of fused-ring (bicyclic) bond motifs is 1. The van der Waals surface area contributed by atoms with Crippen LogP contribution in [-0.4, -0.2) is 16.7 Å². The molecule has 0 aliphatic heterocycles. The zero-order valence-electron chi connectivity index (χ0n) is 13.1. The molecule has 0 unspecified atom stereocenters. The van der Waals surface area contributed by atoms with Gasteiger partial charge in [0, 0.05) is 11.1 Å². The van der Waals surface area contributed by atoms with Crippen LogP contribution in [0.1, 0.15) is 52.3 Å². The average Bonchev–Trinajstić information content (AvgIpc) is 3.01. The van der Waals surface area contributed by atoms with Gasteiger partial charge in [0.05, 0.1) is 11.3 Å². The summed E-state index contributed by atoms with van der Waals surface area (Å²) in [6.07, 6.45) is 0.452. The lowest BCUT2D eigenvalue weighted by Crippen LogP contribution is -2.19. The third kappa shape index (κ3) is 2.60. The number of hydrogen-bond donors (Lipinski definition) is 2. The molecule has 3 rings (SSSR count). The van der Waals surface area contributed by atoms with E-state index in [2.05, 4.69) is 10.5 Å². The molecule has 2 N–H and O–H groups in total. The number of halogens is 1. The molecule has 0 saturated carbocycles. The van der Waals surface area contributed by atoms with E-state index in [0.717, 1.165) is 0 Å². The highest BCUT2D eigenvalue weighted by Crippen LogP contribution is 2.39. The van der Waals surface area contributed by atoms with Crippen molar-refractivity contribution in [2.24, 2.45) is 5.10 Å². The first-order valence-corrected chi connectivity index (χ1v) is 7.34. The number of phenolic OH excluding ortho intramolecular Hbond substituents is 1. The summed E-state index contributed by atoms with van der Waals surface area (Å²) in [6.45, 7) is 5.31. The Balaban J connectivity index is 1.90. The maximum Gasteiger partial charge on any atom is 0.274 e. The van der Waals surface area contributed by atoms with Gasteiger partial charge in [-0.3, -0.25) is 4.79 Å². The van der Waals surface area contributed by atoms with Gasteiger partial charge in [-0.15, -0.1) is 0 Å². The number of rotatable bonds is 2. The molecule has 1 aliphatic carbocycles. The van der Waals surface area contributed by atoms with E-state index in [-0.39, 0.29) is 17.5 Å². The van der Waals surface area contributed by atoms with Crippen molar-refractivity contribution >= 4 is 11.6 Å². The minimum Gasteiger partial charge on any atom is -0.507 e. The summed E-state index contributed by atoms with van der Waals surface area (Å²) in [5.41, 5.74) is 4.14. The first-order valence-electron chi connectivity index (χ1n) is 7.34. The third-order valence-corrected chi connectivity index (χ3v) is 4.03. The van der Waals surface area contributed by atoms with E-state index in [1.165, 1.54) is 12.1 Å². The Morgan fingerprint density at radius 3 is 2.83 bits per heavy atom. The molecule has 0 saturated heterocycles. The van der Waals surface area contributed by atoms with Crippen LogP contribution in [0.5, 0.6) is 5.75 Å². The Kier molecular flexibility index (Phi) is 3.67. The predicted octanol–water partition coefficient (Wildman–Crippen LogP) is 3.38. The first kappa shape index (κ1) is 15.3. The molecule has 1 aliphatic rings. The average molecular weight is 316 g/mol. The number of hydrazone groups is 1. The number of benzene rings is 1. The first-order chi connectivity index (χ1) is 10.9. The van der Waals surface area contributed by atoms with Crippen molar-refractivity contribution < 1.29 is 18.7 Å². The summed E-state index contributed by atoms with van der Waals surface area (Å²) in [5, 5.41) is 14.1. The normalized spacial score (nSPS) is 18.3. The molecule has 1 amide bonds. The number of amides is 1. The van der Waals surface area contributed by atoms with Crippen molar-refractivity contribution in [2.45, 2.75) is 33.1 Å². The zero-order valence-corrected chi connectivity index (χ0v) is 13.1. The standard InChI is InChI=1S/C17H17FN2O3/c1-8-6-13(16-14(21)5-4-12(18)15(8)16)19-20-17(22)11-7-9(2)23-10(11)3/h4-5,7-8,21H,6H2,1-3H3,(H,20,22)/b19-13+/t8-/m0/s1. The minimum absolute atomic E-state index is 0.0333. The molecule has 1 atom stereocenters. The van der Waals surface area contributed by atoms with Crippen molar-refractivity contribution in [1.82, 2.24) is 5.43 Å². The molecule has 5 nitrogen and oxygen atoms in total. The van der Waals surface area contributed by atoms with Crippen LogP contribution in [0.4, 0.5) is 4.39 Å². The van der Waals surface area contributed by atoms with E-state index in [1.54, 1.807) is 19.9 Å². The smallest absolute Gasteiger partial charge is 0.274 e. The van der Waals surface area contributed by atoms with Crippen LogP contribution >= 0.6 is 0 Å². The van der Waals surface area contributed by atoms with Crippen molar-refractivity contribution in [2.75, 3.05) is 0 Å². The van der Waals surface area contributed by atoms with Crippen molar-refractivity contribution in [3.63, 3.8) is 0 Å². The molecule has 0 fully saturated rings. The molecular weight excluding hydrogens is 299 g/mol. The lowest BCUT2D eigenvalue weighted by molar-refractivity contribution is 0.0953. The molecular formula is C17H17FN2O3. The number of nitrogens with zero attached hydrogens (tertiary/aromatic N) is 1. The molecule has 2 aromatic rings. The van der Waals surface area contributed by atoms with Crippen LogP contribution in [-0.2, 0) is 0 Å². The number of carbonyl (C=O) groups is 1. The topological polar surface area (TPSA) is 74.8 Å². The summed E-state index contributed by atoms with van der Waals surface area (Å²) >= 11 is 0. The van der Waals surface area contributed by atoms with Gasteiger partial charge in [-0.2, -0.15) is 5.10 Å². The Morgan fingerprint density at radius 1 is 1.43 bits per heavy atom. The monoisotopic (exact) mass is 316 g/mol. The van der Waals surface area contributed by atoms with Gasteiger partial charge < -0.3 is 9.52 Å². The minimum atomic E-state index is -0.399. The molecule has 23 heavy (non-hydrogen) atoms. The van der Waals surface area contributed by atoms with E-state index in [9.17, 15) is 14.3 Å². The van der Waals surface area contributed by atoms with Gasteiger partial charge >= 0.3 is 0 Å². The Morgan fingerprint density at radius 2 is 2.17 bits per heavy atom. The second-order valence-corrected chi connectivity index (χ2v) is 5.79. The molecule has 0 bridgehead atoms. The second kappa shape index (κ2) is 5.53. The van der Waals surface area contributed by atoms with Crippen LogP contribution in [0.25, 0.3) is 0 Å². The quantitative estimate of drug-likeness (QED) is 0.834. The summed E-state index contributed by atoms with van der Waals surface area (Å²) in [4.78, 5) is 12.2. The summed E-state index contributed by atoms with van der Waals surface area (Å²) < 4.78 is 19.3. The maximum absolute atomic E-state index is 13.9. The van der Waals surface area contributed by atoms with Gasteiger partial charge in [0.25, 0.3) is 5.91 Å². The fourth-order valence-corrected chi connectivity index (χ4v) is 3.00. The zero-order chi connectivity index (χ0) is 16.7. The SMILES string of the molecule is Cc1cc(C(=O)N/N=C2\C[C@H](C)c3c(F)ccc(O)c32)c(C)o1. The maximum atomic E-state index is 13.9. The number of hydrogen-bond acceptors (Lipinski definition) is 4. The Hall–Kier alpha value is -2.63. The highest BCUT2D eigenvalue weighted by molar-refractivity contribution is 6.08. The van der Waals surface area contributed by atoms with Gasteiger partial charge in [0.2, 0.25) is 0 Å². The van der Waals surface area contributed by atoms with Crippen molar-refractivity contribution in [3.05, 3.63) is 52.2 Å². The van der Waals surface area contributed by atoms with Crippen LogP contribution < -0.4 is 5.43 Å². The molecule has 1 heterocycles. The number of furan rings is 1. The molecule has 1 aromatic carbocycles. The predicted molar refractivity (Wildman–Crippen MR) is 83.3 cm³/mol. The van der Waals surface area contributed by atoms with Gasteiger partial charge in [-0.1, -0.05) is 6.92 Å². The lowest BCUT2D eigenvalue weighted by atomic mass is 10.0. The molecule has 120 valence electrons. The number of nitrogens with one attached hydrogen (secondary N) is 1. The third-order valence-electron chi connectivity index (χ3n) is 4.03. The van der Waals surface area contributed by atoms with Crippen LogP contribution in [0.15, 0.2) is 27.7 Å². The van der Waals surface area contributed by atoms with Crippen LogP contribution in [0.3, 0.4) is 0 Å². The number of aromatic hydroxyl groups is 1. The Labute approximate surface area is 132 Å². The van der Waals surface area contributed by atoms with Crippen LogP contribution in [0, 0.1) is 19.7 Å². The summed E-state index contributed by atoms with van der Waals surface area (Å²) in [6, 6.07) is 4.17. The van der Waals surface area contributed by atoms with E-state index >= 15 is 0 Å². The molecule has 0 spiro atoms. The van der Waals surface area contributed by atoms with Gasteiger partial charge in [0.1, 0.15) is 23.1 Å². The van der Waals surface area contributed by atoms with Crippen LogP contribution in [0.2, 0.25) is 0 Å². The lowest BCUT2D eigenvalue weighted by Gasteiger charge is -2.06. The number of phenols is 1. The highest BCUT2D eigenvalue weighted by Gasteiger charge is 2.30. The van der Waals surface area contributed by atoms with E-state index in [0.29, 0.717) is 40.3 Å². The molecule has 6 heteroatoms. The molecule has 0 radical (unpaired) electrons. The summed E-state index contributed by atoms with van der Waals surface area (Å²) in [5.74, 6) is 0.237. The molecule has 1 aromatic heterocycles.